The second-order valence-corrected chi connectivity index (χ2v) is 6.93. The Labute approximate surface area is 161 Å². The number of nitrogens with one attached hydrogen (secondary N) is 1. The number of anilines is 1. The molecule has 7 heteroatoms. The number of carbonyl (C=O) groups is 2. The lowest BCUT2D eigenvalue weighted by atomic mass is 10.1. The normalized spacial score (nSPS) is 10.8. The van der Waals surface area contributed by atoms with Gasteiger partial charge in [0.15, 0.2) is 5.16 Å². The summed E-state index contributed by atoms with van der Waals surface area (Å²) in [6.45, 7) is 4.71. The Balaban J connectivity index is 1.71. The van der Waals surface area contributed by atoms with E-state index in [-0.39, 0.29) is 11.7 Å². The van der Waals surface area contributed by atoms with Crippen molar-refractivity contribution in [3.05, 3.63) is 53.6 Å². The molecule has 0 spiro atoms. The number of ether oxygens (including phenoxy) is 1. The molecule has 6 nitrogen and oxygen atoms in total. The minimum absolute atomic E-state index is 0.153. The molecular weight excluding hydrogens is 362 g/mol. The van der Waals surface area contributed by atoms with E-state index in [9.17, 15) is 9.59 Å². The lowest BCUT2D eigenvalue weighted by Gasteiger charge is -2.10. The van der Waals surface area contributed by atoms with Crippen LogP contribution < -0.4 is 5.32 Å². The van der Waals surface area contributed by atoms with Gasteiger partial charge in [-0.15, -0.1) is 0 Å². The van der Waals surface area contributed by atoms with Gasteiger partial charge in [0.05, 0.1) is 29.5 Å². The van der Waals surface area contributed by atoms with Crippen LogP contribution in [0, 0.1) is 6.92 Å². The molecule has 140 valence electrons. The van der Waals surface area contributed by atoms with Gasteiger partial charge in [-0.1, -0.05) is 30.0 Å². The van der Waals surface area contributed by atoms with Crippen LogP contribution in [0.3, 0.4) is 0 Å². The zero-order valence-electron chi connectivity index (χ0n) is 15.5. The standard InChI is InChI=1S/C20H21N3O3S/c1-4-23-17-8-6-5-7-15(17)22-20(23)27-12-18(24)21-16-11-14(19(25)26-3)10-9-13(16)2/h5-11H,4,12H2,1-3H3,(H,21,24). The highest BCUT2D eigenvalue weighted by Gasteiger charge is 2.14. The maximum atomic E-state index is 12.4. The molecule has 3 rings (SSSR count). The number of amides is 1. The second-order valence-electron chi connectivity index (χ2n) is 5.99. The van der Waals surface area contributed by atoms with Crippen molar-refractivity contribution in [1.82, 2.24) is 9.55 Å². The number of fused-ring (bicyclic) bond motifs is 1. The molecule has 27 heavy (non-hydrogen) atoms. The second kappa shape index (κ2) is 8.26. The first-order valence-electron chi connectivity index (χ1n) is 8.60. The number of benzene rings is 2. The summed E-state index contributed by atoms with van der Waals surface area (Å²) >= 11 is 1.39. The van der Waals surface area contributed by atoms with Crippen LogP contribution in [0.15, 0.2) is 47.6 Å². The van der Waals surface area contributed by atoms with E-state index in [0.717, 1.165) is 28.3 Å². The van der Waals surface area contributed by atoms with E-state index < -0.39 is 5.97 Å². The summed E-state index contributed by atoms with van der Waals surface area (Å²) in [6, 6.07) is 13.0. The molecule has 1 N–H and O–H groups in total. The van der Waals surface area contributed by atoms with Gasteiger partial charge in [-0.2, -0.15) is 0 Å². The number of methoxy groups -OCH3 is 1. The van der Waals surface area contributed by atoms with Gasteiger partial charge < -0.3 is 14.6 Å². The number of hydrogen-bond donors (Lipinski definition) is 1. The van der Waals surface area contributed by atoms with E-state index in [4.69, 9.17) is 4.74 Å². The number of para-hydroxylation sites is 2. The Hall–Kier alpha value is -2.80. The number of aromatic nitrogens is 2. The largest absolute Gasteiger partial charge is 0.465 e. The van der Waals surface area contributed by atoms with Crippen molar-refractivity contribution in [3.63, 3.8) is 0 Å². The van der Waals surface area contributed by atoms with Crippen LogP contribution in [0.2, 0.25) is 0 Å². The lowest BCUT2D eigenvalue weighted by molar-refractivity contribution is -0.113. The maximum absolute atomic E-state index is 12.4. The van der Waals surface area contributed by atoms with E-state index in [1.54, 1.807) is 18.2 Å². The number of thioether (sulfide) groups is 1. The minimum Gasteiger partial charge on any atom is -0.465 e. The van der Waals surface area contributed by atoms with Crippen LogP contribution in [0.4, 0.5) is 5.69 Å². The summed E-state index contributed by atoms with van der Waals surface area (Å²) in [6.07, 6.45) is 0. The number of hydrogen-bond acceptors (Lipinski definition) is 5. The van der Waals surface area contributed by atoms with E-state index in [1.165, 1.54) is 18.9 Å². The molecule has 0 bridgehead atoms. The third-order valence-corrected chi connectivity index (χ3v) is 5.18. The summed E-state index contributed by atoms with van der Waals surface area (Å²) < 4.78 is 6.82. The highest BCUT2D eigenvalue weighted by Crippen LogP contribution is 2.24. The molecule has 1 heterocycles. The Morgan fingerprint density at radius 3 is 2.74 bits per heavy atom. The minimum atomic E-state index is -0.434. The molecule has 0 saturated heterocycles. The number of rotatable bonds is 6. The fourth-order valence-electron chi connectivity index (χ4n) is 2.79. The van der Waals surface area contributed by atoms with E-state index in [1.807, 2.05) is 31.2 Å². The molecule has 0 saturated carbocycles. The average molecular weight is 383 g/mol. The number of esters is 1. The van der Waals surface area contributed by atoms with Crippen molar-refractivity contribution in [3.8, 4) is 0 Å². The van der Waals surface area contributed by atoms with Crippen LogP contribution in [0.25, 0.3) is 11.0 Å². The zero-order valence-corrected chi connectivity index (χ0v) is 16.3. The smallest absolute Gasteiger partial charge is 0.337 e. The third kappa shape index (κ3) is 4.14. The van der Waals surface area contributed by atoms with E-state index in [0.29, 0.717) is 11.3 Å². The van der Waals surface area contributed by atoms with Crippen molar-refractivity contribution in [2.24, 2.45) is 0 Å². The van der Waals surface area contributed by atoms with Gasteiger partial charge in [-0.25, -0.2) is 9.78 Å². The Morgan fingerprint density at radius 2 is 2.00 bits per heavy atom. The monoisotopic (exact) mass is 383 g/mol. The third-order valence-electron chi connectivity index (χ3n) is 4.20. The highest BCUT2D eigenvalue weighted by molar-refractivity contribution is 7.99. The van der Waals surface area contributed by atoms with Gasteiger partial charge in [0.1, 0.15) is 0 Å². The predicted octanol–water partition coefficient (Wildman–Crippen LogP) is 3.88. The van der Waals surface area contributed by atoms with E-state index in [2.05, 4.69) is 21.8 Å². The van der Waals surface area contributed by atoms with E-state index >= 15 is 0 Å². The molecule has 3 aromatic rings. The highest BCUT2D eigenvalue weighted by atomic mass is 32.2. The van der Waals surface area contributed by atoms with Crippen LogP contribution in [-0.2, 0) is 16.1 Å². The molecule has 0 fully saturated rings. The Kier molecular flexibility index (Phi) is 5.81. The predicted molar refractivity (Wildman–Crippen MR) is 107 cm³/mol. The molecule has 0 aliphatic carbocycles. The fraction of sp³-hybridized carbons (Fsp3) is 0.250. The Morgan fingerprint density at radius 1 is 1.22 bits per heavy atom. The summed E-state index contributed by atoms with van der Waals surface area (Å²) in [5.41, 5.74) is 3.86. The molecular formula is C20H21N3O3S. The number of aryl methyl sites for hydroxylation is 2. The van der Waals surface area contributed by atoms with Gasteiger partial charge in [0, 0.05) is 12.2 Å². The molecule has 0 aliphatic rings. The molecule has 1 aromatic heterocycles. The van der Waals surface area contributed by atoms with Gasteiger partial charge in [0.25, 0.3) is 0 Å². The molecule has 0 atom stereocenters. The van der Waals surface area contributed by atoms with Crippen molar-refractivity contribution in [2.45, 2.75) is 25.5 Å². The molecule has 0 radical (unpaired) electrons. The first-order valence-corrected chi connectivity index (χ1v) is 9.59. The lowest BCUT2D eigenvalue weighted by Crippen LogP contribution is -2.16. The zero-order chi connectivity index (χ0) is 19.4. The van der Waals surface area contributed by atoms with Gasteiger partial charge in [0.2, 0.25) is 5.91 Å². The van der Waals surface area contributed by atoms with Gasteiger partial charge in [-0.3, -0.25) is 4.79 Å². The fourth-order valence-corrected chi connectivity index (χ4v) is 3.67. The molecule has 0 aliphatic heterocycles. The quantitative estimate of drug-likeness (QED) is 0.516. The van der Waals surface area contributed by atoms with Crippen molar-refractivity contribution in [2.75, 3.05) is 18.2 Å². The SMILES string of the molecule is CCn1c(SCC(=O)Nc2cc(C(=O)OC)ccc2C)nc2ccccc21. The Bertz CT molecular complexity index is 997. The van der Waals surface area contributed by atoms with Crippen LogP contribution in [-0.4, -0.2) is 34.3 Å². The summed E-state index contributed by atoms with van der Waals surface area (Å²) in [4.78, 5) is 28.7. The number of carbonyl (C=O) groups excluding carboxylic acids is 2. The topological polar surface area (TPSA) is 73.2 Å². The van der Waals surface area contributed by atoms with Crippen molar-refractivity contribution < 1.29 is 14.3 Å². The molecule has 2 aromatic carbocycles. The van der Waals surface area contributed by atoms with Crippen molar-refractivity contribution in [1.29, 1.82) is 0 Å². The van der Waals surface area contributed by atoms with Crippen molar-refractivity contribution >= 4 is 40.4 Å². The maximum Gasteiger partial charge on any atom is 0.337 e. The summed E-state index contributed by atoms with van der Waals surface area (Å²) in [7, 11) is 1.33. The number of imidazole rings is 1. The first-order chi connectivity index (χ1) is 13.0. The van der Waals surface area contributed by atoms with Gasteiger partial charge >= 0.3 is 5.97 Å². The number of nitrogens with zero attached hydrogens (tertiary/aromatic N) is 2. The van der Waals surface area contributed by atoms with Crippen LogP contribution in [0.5, 0.6) is 0 Å². The van der Waals surface area contributed by atoms with Crippen LogP contribution >= 0.6 is 11.8 Å². The molecule has 1 amide bonds. The van der Waals surface area contributed by atoms with Gasteiger partial charge in [-0.05, 0) is 43.7 Å². The average Bonchev–Trinajstić information content (AvgIpc) is 3.05. The first kappa shape index (κ1) is 19.0. The summed E-state index contributed by atoms with van der Waals surface area (Å²) in [5.74, 6) is -0.359. The summed E-state index contributed by atoms with van der Waals surface area (Å²) in [5, 5.41) is 3.68. The van der Waals surface area contributed by atoms with Crippen LogP contribution in [0.1, 0.15) is 22.8 Å². The molecule has 0 unspecified atom stereocenters.